The Balaban J connectivity index is 1.39. The highest BCUT2D eigenvalue weighted by atomic mass is 16.6. The minimum Gasteiger partial charge on any atom is -0.483 e. The van der Waals surface area contributed by atoms with Crippen molar-refractivity contribution in [3.05, 3.63) is 65.5 Å². The van der Waals surface area contributed by atoms with Gasteiger partial charge < -0.3 is 30.0 Å². The van der Waals surface area contributed by atoms with Crippen LogP contribution in [0, 0.1) is 13.8 Å². The summed E-state index contributed by atoms with van der Waals surface area (Å²) in [6.07, 6.45) is 3.97. The fourth-order valence-electron chi connectivity index (χ4n) is 5.32. The Morgan fingerprint density at radius 2 is 1.82 bits per heavy atom. The van der Waals surface area contributed by atoms with E-state index in [4.69, 9.17) is 20.2 Å². The molecule has 6 rings (SSSR count). The molecular weight excluding hydrogens is 478 g/mol. The van der Waals surface area contributed by atoms with Crippen molar-refractivity contribution in [2.45, 2.75) is 20.0 Å². The van der Waals surface area contributed by atoms with Crippen molar-refractivity contribution in [1.29, 1.82) is 0 Å². The molecule has 38 heavy (non-hydrogen) atoms. The first-order valence-corrected chi connectivity index (χ1v) is 13.1. The Labute approximate surface area is 222 Å². The number of aromatic nitrogens is 2. The third-order valence-electron chi connectivity index (χ3n) is 7.91. The van der Waals surface area contributed by atoms with Crippen LogP contribution >= 0.6 is 0 Å². The molecule has 0 spiro atoms. The zero-order valence-electron chi connectivity index (χ0n) is 22.1. The number of pyridine rings is 1. The van der Waals surface area contributed by atoms with Crippen LogP contribution in [-0.2, 0) is 4.74 Å². The number of nitrogens with one attached hydrogen (secondary N) is 1. The number of primary amides is 1. The standard InChI is InChI=1S/C30H33N5O3/c1-18-19(2)24(29(31)36)6-5-23(18)26-15-33-30-25(26)12-21(14-32-30)20-4-7-27(35-10-8-34(3)9-11-35)28(13-20)38-22-16-37-17-22/h4-7,12-15,22H,8-11,16-17H2,1-3H3,(H2,31,36)(H,32,33). The summed E-state index contributed by atoms with van der Waals surface area (Å²) in [5.41, 5.74) is 14.2. The number of nitrogens with two attached hydrogens (primary N) is 1. The summed E-state index contributed by atoms with van der Waals surface area (Å²) in [5.74, 6) is 0.481. The van der Waals surface area contributed by atoms with Crippen LogP contribution in [0.5, 0.6) is 5.75 Å². The van der Waals surface area contributed by atoms with E-state index in [1.165, 1.54) is 0 Å². The Morgan fingerprint density at radius 1 is 1.03 bits per heavy atom. The number of benzene rings is 2. The second kappa shape index (κ2) is 9.78. The van der Waals surface area contributed by atoms with Crippen molar-refractivity contribution in [3.8, 4) is 28.0 Å². The number of nitrogens with zero attached hydrogens (tertiary/aromatic N) is 3. The lowest BCUT2D eigenvalue weighted by Crippen LogP contribution is -2.45. The van der Waals surface area contributed by atoms with Crippen LogP contribution in [0.15, 0.2) is 48.8 Å². The van der Waals surface area contributed by atoms with Crippen LogP contribution in [0.25, 0.3) is 33.3 Å². The van der Waals surface area contributed by atoms with Gasteiger partial charge in [0.15, 0.2) is 0 Å². The molecule has 4 aromatic rings. The van der Waals surface area contributed by atoms with E-state index < -0.39 is 5.91 Å². The van der Waals surface area contributed by atoms with E-state index >= 15 is 0 Å². The highest BCUT2D eigenvalue weighted by molar-refractivity contribution is 5.99. The summed E-state index contributed by atoms with van der Waals surface area (Å²) in [7, 11) is 2.16. The number of likely N-dealkylation sites (N-methyl/N-ethyl adjacent to an activating group) is 1. The number of carbonyl (C=O) groups is 1. The van der Waals surface area contributed by atoms with Crippen molar-refractivity contribution in [2.75, 3.05) is 51.3 Å². The van der Waals surface area contributed by atoms with E-state index in [2.05, 4.69) is 46.1 Å². The number of piperazine rings is 1. The molecule has 2 aromatic carbocycles. The number of hydrogen-bond acceptors (Lipinski definition) is 6. The maximum absolute atomic E-state index is 11.8. The smallest absolute Gasteiger partial charge is 0.248 e. The van der Waals surface area contributed by atoms with E-state index in [1.54, 1.807) is 6.07 Å². The molecule has 2 aliphatic heterocycles. The Hall–Kier alpha value is -3.88. The number of ether oxygens (including phenoxy) is 2. The first-order valence-electron chi connectivity index (χ1n) is 13.1. The zero-order chi connectivity index (χ0) is 26.4. The van der Waals surface area contributed by atoms with E-state index in [9.17, 15) is 4.79 Å². The van der Waals surface area contributed by atoms with Gasteiger partial charge in [0.05, 0.1) is 18.9 Å². The van der Waals surface area contributed by atoms with E-state index in [0.717, 1.165) is 82.0 Å². The highest BCUT2D eigenvalue weighted by Crippen LogP contribution is 2.38. The van der Waals surface area contributed by atoms with Gasteiger partial charge in [0.25, 0.3) is 0 Å². The third kappa shape index (κ3) is 4.40. The molecule has 3 N–H and O–H groups in total. The molecule has 2 fully saturated rings. The van der Waals surface area contributed by atoms with Crippen LogP contribution < -0.4 is 15.4 Å². The predicted molar refractivity (Wildman–Crippen MR) is 150 cm³/mol. The average molecular weight is 512 g/mol. The first-order chi connectivity index (χ1) is 18.4. The fourth-order valence-corrected chi connectivity index (χ4v) is 5.32. The molecule has 0 unspecified atom stereocenters. The lowest BCUT2D eigenvalue weighted by molar-refractivity contribution is -0.0794. The normalized spacial score (nSPS) is 16.6. The minimum absolute atomic E-state index is 0.0861. The van der Waals surface area contributed by atoms with E-state index in [0.29, 0.717) is 18.8 Å². The van der Waals surface area contributed by atoms with Gasteiger partial charge >= 0.3 is 0 Å². The van der Waals surface area contributed by atoms with Crippen LogP contribution in [-0.4, -0.2) is 73.3 Å². The summed E-state index contributed by atoms with van der Waals surface area (Å²) in [4.78, 5) is 24.6. The van der Waals surface area contributed by atoms with E-state index in [1.807, 2.05) is 32.3 Å². The van der Waals surface area contributed by atoms with Crippen molar-refractivity contribution < 1.29 is 14.3 Å². The number of rotatable bonds is 6. The third-order valence-corrected chi connectivity index (χ3v) is 7.91. The molecular formula is C30H33N5O3. The number of aromatic amines is 1. The topological polar surface area (TPSA) is 96.7 Å². The van der Waals surface area contributed by atoms with Crippen molar-refractivity contribution in [2.24, 2.45) is 5.73 Å². The summed E-state index contributed by atoms with van der Waals surface area (Å²) >= 11 is 0. The van der Waals surface area contributed by atoms with Crippen molar-refractivity contribution in [3.63, 3.8) is 0 Å². The SMILES string of the molecule is Cc1c(C(N)=O)ccc(-c2c[nH]c3ncc(-c4ccc(N5CCN(C)CC5)c(OC5COC5)c4)cc23)c1C. The summed E-state index contributed by atoms with van der Waals surface area (Å²) in [5, 5.41) is 1.02. The van der Waals surface area contributed by atoms with Crippen LogP contribution in [0.1, 0.15) is 21.5 Å². The molecule has 196 valence electrons. The zero-order valence-corrected chi connectivity index (χ0v) is 22.1. The van der Waals surface area contributed by atoms with Gasteiger partial charge in [-0.25, -0.2) is 4.98 Å². The number of carbonyl (C=O) groups excluding carboxylic acids is 1. The second-order valence-corrected chi connectivity index (χ2v) is 10.3. The maximum Gasteiger partial charge on any atom is 0.248 e. The lowest BCUT2D eigenvalue weighted by atomic mass is 9.93. The van der Waals surface area contributed by atoms with Gasteiger partial charge in [0.2, 0.25) is 5.91 Å². The van der Waals surface area contributed by atoms with Crippen molar-refractivity contribution in [1.82, 2.24) is 14.9 Å². The molecule has 2 saturated heterocycles. The molecule has 0 radical (unpaired) electrons. The average Bonchev–Trinajstić information content (AvgIpc) is 3.31. The predicted octanol–water partition coefficient (Wildman–Crippen LogP) is 4.14. The summed E-state index contributed by atoms with van der Waals surface area (Å²) in [6.45, 7) is 9.22. The number of anilines is 1. The molecule has 0 saturated carbocycles. The maximum atomic E-state index is 11.8. The summed E-state index contributed by atoms with van der Waals surface area (Å²) < 4.78 is 11.8. The number of hydrogen-bond donors (Lipinski definition) is 2. The Morgan fingerprint density at radius 3 is 2.53 bits per heavy atom. The van der Waals surface area contributed by atoms with Gasteiger partial charge in [-0.15, -0.1) is 0 Å². The monoisotopic (exact) mass is 511 g/mol. The van der Waals surface area contributed by atoms with Crippen LogP contribution in [0.2, 0.25) is 0 Å². The van der Waals surface area contributed by atoms with Gasteiger partial charge in [0, 0.05) is 60.6 Å². The lowest BCUT2D eigenvalue weighted by Gasteiger charge is -2.36. The van der Waals surface area contributed by atoms with Gasteiger partial charge in [-0.05, 0) is 67.4 Å². The van der Waals surface area contributed by atoms with Gasteiger partial charge in [0.1, 0.15) is 17.5 Å². The summed E-state index contributed by atoms with van der Waals surface area (Å²) in [6, 6.07) is 12.4. The molecule has 0 bridgehead atoms. The molecule has 2 aromatic heterocycles. The molecule has 0 atom stereocenters. The quantitative estimate of drug-likeness (QED) is 0.404. The minimum atomic E-state index is -0.411. The molecule has 4 heterocycles. The molecule has 2 aliphatic rings. The van der Waals surface area contributed by atoms with E-state index in [-0.39, 0.29) is 6.10 Å². The second-order valence-electron chi connectivity index (χ2n) is 10.3. The first kappa shape index (κ1) is 24.5. The number of fused-ring (bicyclic) bond motifs is 1. The van der Waals surface area contributed by atoms with Gasteiger partial charge in [-0.2, -0.15) is 0 Å². The van der Waals surface area contributed by atoms with Crippen LogP contribution in [0.4, 0.5) is 5.69 Å². The number of H-pyrrole nitrogens is 1. The van der Waals surface area contributed by atoms with Crippen LogP contribution in [0.3, 0.4) is 0 Å². The van der Waals surface area contributed by atoms with Crippen molar-refractivity contribution >= 4 is 22.6 Å². The number of amides is 1. The molecule has 1 amide bonds. The Bertz CT molecular complexity index is 1520. The molecule has 8 heteroatoms. The highest BCUT2D eigenvalue weighted by Gasteiger charge is 2.25. The molecule has 0 aliphatic carbocycles. The Kier molecular flexibility index (Phi) is 6.29. The molecule has 8 nitrogen and oxygen atoms in total. The largest absolute Gasteiger partial charge is 0.483 e. The van der Waals surface area contributed by atoms with Gasteiger partial charge in [-0.3, -0.25) is 4.79 Å². The fraction of sp³-hybridized carbons (Fsp3) is 0.333. The van der Waals surface area contributed by atoms with Gasteiger partial charge in [-0.1, -0.05) is 12.1 Å².